The molecule has 0 aliphatic carbocycles. The Morgan fingerprint density at radius 1 is 1.13 bits per heavy atom. The van der Waals surface area contributed by atoms with Gasteiger partial charge in [0.25, 0.3) is 0 Å². The van der Waals surface area contributed by atoms with Gasteiger partial charge in [0.2, 0.25) is 0 Å². The van der Waals surface area contributed by atoms with Gasteiger partial charge in [-0.3, -0.25) is 0 Å². The van der Waals surface area contributed by atoms with Gasteiger partial charge in [-0.1, -0.05) is 18.2 Å². The molecule has 1 aliphatic heterocycles. The summed E-state index contributed by atoms with van der Waals surface area (Å²) in [6.07, 6.45) is 2.87. The Labute approximate surface area is 173 Å². The van der Waals surface area contributed by atoms with Crippen LogP contribution in [0.1, 0.15) is 27.0 Å². The molecule has 1 heterocycles. The number of anilines is 2. The summed E-state index contributed by atoms with van der Waals surface area (Å²) in [6.45, 7) is 0. The molecule has 0 unspecified atom stereocenters. The van der Waals surface area contributed by atoms with Crippen LogP contribution in [0.3, 0.4) is 0 Å². The van der Waals surface area contributed by atoms with Gasteiger partial charge in [0.05, 0.1) is 28.6 Å². The van der Waals surface area contributed by atoms with Crippen LogP contribution < -0.4 is 4.90 Å². The first kappa shape index (κ1) is 19.2. The number of hydrogen-bond donors (Lipinski definition) is 1. The van der Waals surface area contributed by atoms with Crippen molar-refractivity contribution >= 4 is 17.3 Å². The zero-order valence-corrected chi connectivity index (χ0v) is 16.0. The second-order valence-corrected chi connectivity index (χ2v) is 6.95. The van der Waals surface area contributed by atoms with Gasteiger partial charge in [0.1, 0.15) is 5.82 Å². The monoisotopic (exact) mass is 396 g/mol. The van der Waals surface area contributed by atoms with E-state index >= 15 is 0 Å². The number of nitriles is 1. The van der Waals surface area contributed by atoms with Crippen LogP contribution >= 0.6 is 0 Å². The quantitative estimate of drug-likeness (QED) is 0.602. The molecule has 0 aromatic heterocycles. The summed E-state index contributed by atoms with van der Waals surface area (Å²) < 4.78 is 13.7. The first-order valence-corrected chi connectivity index (χ1v) is 9.40. The molecule has 0 amide bonds. The summed E-state index contributed by atoms with van der Waals surface area (Å²) in [5.41, 5.74) is 7.98. The van der Waals surface area contributed by atoms with Gasteiger partial charge in [-0.2, -0.15) is 5.26 Å². The van der Waals surface area contributed by atoms with Crippen LogP contribution in [0.5, 0.6) is 0 Å². The number of rotatable bonds is 4. The molecule has 0 atom stereocenters. The fraction of sp³-hybridized carbons (Fsp3) is 0.0800. The Bertz CT molecular complexity index is 1250. The summed E-state index contributed by atoms with van der Waals surface area (Å²) in [6, 6.07) is 20.6. The molecule has 4 nitrogen and oxygen atoms in total. The number of allylic oxidation sites excluding steroid dienone is 1. The predicted octanol–water partition coefficient (Wildman–Crippen LogP) is 5.37. The molecule has 3 aromatic carbocycles. The molecule has 0 saturated heterocycles. The molecular weight excluding hydrogens is 379 g/mol. The van der Waals surface area contributed by atoms with Crippen LogP contribution in [0.25, 0.3) is 0 Å². The molecule has 1 aliphatic rings. The maximum Gasteiger partial charge on any atom is 0.335 e. The summed E-state index contributed by atoms with van der Waals surface area (Å²) in [5, 5.41) is 18.7. The van der Waals surface area contributed by atoms with Crippen molar-refractivity contribution in [1.29, 1.82) is 5.26 Å². The van der Waals surface area contributed by atoms with E-state index in [1.165, 1.54) is 18.2 Å². The Morgan fingerprint density at radius 3 is 2.73 bits per heavy atom. The van der Waals surface area contributed by atoms with Crippen molar-refractivity contribution in [2.75, 3.05) is 4.90 Å². The average Bonchev–Trinajstić information content (AvgIpc) is 2.92. The van der Waals surface area contributed by atoms with Gasteiger partial charge in [-0.15, -0.1) is 5.73 Å². The summed E-state index contributed by atoms with van der Waals surface area (Å²) in [7, 11) is 0. The zero-order valence-electron chi connectivity index (χ0n) is 16.0. The molecule has 1 N–H and O–H groups in total. The molecular formula is C25H17FN2O2. The van der Waals surface area contributed by atoms with Crippen molar-refractivity contribution in [3.8, 4) is 6.07 Å². The lowest BCUT2D eigenvalue weighted by molar-refractivity contribution is 0.0697. The fourth-order valence-electron chi connectivity index (χ4n) is 3.57. The number of carboxylic acids is 1. The topological polar surface area (TPSA) is 64.3 Å². The minimum absolute atomic E-state index is 0.168. The first-order chi connectivity index (χ1) is 14.5. The van der Waals surface area contributed by atoms with Gasteiger partial charge in [0.15, 0.2) is 0 Å². The third kappa shape index (κ3) is 3.86. The lowest BCUT2D eigenvalue weighted by Crippen LogP contribution is -2.19. The van der Waals surface area contributed by atoms with Crippen molar-refractivity contribution in [2.45, 2.75) is 12.8 Å². The molecule has 30 heavy (non-hydrogen) atoms. The molecule has 0 bridgehead atoms. The molecule has 5 heteroatoms. The average molecular weight is 396 g/mol. The highest BCUT2D eigenvalue weighted by Crippen LogP contribution is 2.36. The Hall–Kier alpha value is -4.13. The van der Waals surface area contributed by atoms with Gasteiger partial charge in [-0.25, -0.2) is 9.18 Å². The van der Waals surface area contributed by atoms with Crippen LogP contribution in [0, 0.1) is 17.1 Å². The lowest BCUT2D eigenvalue weighted by atomic mass is 10.0. The molecule has 0 radical (unpaired) electrons. The van der Waals surface area contributed by atoms with Crippen molar-refractivity contribution in [2.24, 2.45) is 0 Å². The third-order valence-corrected chi connectivity index (χ3v) is 4.92. The largest absolute Gasteiger partial charge is 0.478 e. The van der Waals surface area contributed by atoms with Gasteiger partial charge >= 0.3 is 5.97 Å². The molecule has 0 fully saturated rings. The van der Waals surface area contributed by atoms with E-state index in [-0.39, 0.29) is 11.4 Å². The Kier molecular flexibility index (Phi) is 5.17. The van der Waals surface area contributed by atoms with E-state index in [9.17, 15) is 19.6 Å². The highest BCUT2D eigenvalue weighted by atomic mass is 19.1. The van der Waals surface area contributed by atoms with Crippen molar-refractivity contribution in [1.82, 2.24) is 0 Å². The lowest BCUT2D eigenvalue weighted by Gasteiger charge is -2.28. The maximum atomic E-state index is 13.7. The number of nitrogens with zero attached hydrogens (tertiary/aromatic N) is 2. The highest BCUT2D eigenvalue weighted by molar-refractivity contribution is 5.89. The van der Waals surface area contributed by atoms with Crippen LogP contribution in [0.2, 0.25) is 0 Å². The van der Waals surface area contributed by atoms with Gasteiger partial charge < -0.3 is 10.0 Å². The number of fused-ring (bicyclic) bond motifs is 1. The standard InChI is InChI=1S/C25H17FN2O2/c26-21-7-1-4-17(13-21)14-22-8-2-5-19-12-18(16-27)10-11-24(19)28(22)23-9-3-6-20(15-23)25(29)30/h1-4,6-7,9-13,15H,5,14H2,(H,29,30). The smallest absolute Gasteiger partial charge is 0.335 e. The van der Waals surface area contributed by atoms with E-state index in [4.69, 9.17) is 0 Å². The Balaban J connectivity index is 1.87. The predicted molar refractivity (Wildman–Crippen MR) is 112 cm³/mol. The zero-order chi connectivity index (χ0) is 21.1. The maximum absolute atomic E-state index is 13.7. The van der Waals surface area contributed by atoms with E-state index in [1.54, 1.807) is 24.3 Å². The van der Waals surface area contributed by atoms with Gasteiger partial charge in [0, 0.05) is 18.5 Å². The fourth-order valence-corrected chi connectivity index (χ4v) is 3.57. The molecule has 0 spiro atoms. The van der Waals surface area contributed by atoms with Gasteiger partial charge in [-0.05, 0) is 65.7 Å². The minimum Gasteiger partial charge on any atom is -0.478 e. The van der Waals surface area contributed by atoms with Crippen LogP contribution in [0.15, 0.2) is 84.2 Å². The van der Waals surface area contributed by atoms with Crippen molar-refractivity contribution in [3.05, 3.63) is 112 Å². The summed E-state index contributed by atoms with van der Waals surface area (Å²) >= 11 is 0. The summed E-state index contributed by atoms with van der Waals surface area (Å²) in [5.74, 6) is -1.33. The van der Waals surface area contributed by atoms with E-state index in [1.807, 2.05) is 35.2 Å². The van der Waals surface area contributed by atoms with E-state index in [0.717, 1.165) is 22.5 Å². The Morgan fingerprint density at radius 2 is 1.97 bits per heavy atom. The molecule has 4 rings (SSSR count). The van der Waals surface area contributed by atoms with Crippen LogP contribution in [-0.2, 0) is 12.8 Å². The molecule has 146 valence electrons. The first-order valence-electron chi connectivity index (χ1n) is 9.40. The normalized spacial score (nSPS) is 12.5. The number of carboxylic acid groups (broad SMARTS) is 1. The van der Waals surface area contributed by atoms with Crippen LogP contribution in [0.4, 0.5) is 15.8 Å². The number of benzene rings is 3. The molecule has 3 aromatic rings. The third-order valence-electron chi connectivity index (χ3n) is 4.92. The van der Waals surface area contributed by atoms with Crippen LogP contribution in [-0.4, -0.2) is 11.1 Å². The van der Waals surface area contributed by atoms with E-state index in [0.29, 0.717) is 24.1 Å². The molecule has 0 saturated carbocycles. The second kappa shape index (κ2) is 8.08. The van der Waals surface area contributed by atoms with E-state index < -0.39 is 5.97 Å². The van der Waals surface area contributed by atoms with E-state index in [2.05, 4.69) is 11.8 Å². The number of hydrogen-bond acceptors (Lipinski definition) is 3. The number of aromatic carboxylic acids is 1. The highest BCUT2D eigenvalue weighted by Gasteiger charge is 2.21. The number of halogens is 1. The minimum atomic E-state index is -1.02. The van der Waals surface area contributed by atoms with Crippen molar-refractivity contribution < 1.29 is 14.3 Å². The SMILES string of the molecule is N#Cc1ccc2c(c1)CC=C=C(Cc1cccc(F)c1)N2c1cccc(C(=O)O)c1. The van der Waals surface area contributed by atoms with Crippen molar-refractivity contribution in [3.63, 3.8) is 0 Å². The number of carbonyl (C=O) groups is 1. The summed E-state index contributed by atoms with van der Waals surface area (Å²) in [4.78, 5) is 13.4. The second-order valence-electron chi connectivity index (χ2n) is 6.95.